The van der Waals surface area contributed by atoms with Gasteiger partial charge in [-0.1, -0.05) is 18.2 Å². The Morgan fingerprint density at radius 3 is 3.00 bits per heavy atom. The molecule has 2 atom stereocenters. The van der Waals surface area contributed by atoms with E-state index in [1.165, 1.54) is 0 Å². The van der Waals surface area contributed by atoms with Gasteiger partial charge in [0, 0.05) is 18.7 Å². The van der Waals surface area contributed by atoms with E-state index in [4.69, 9.17) is 4.74 Å². The molecule has 3 rings (SSSR count). The highest BCUT2D eigenvalue weighted by atomic mass is 16.5. The molecule has 2 unspecified atom stereocenters. The Hall–Kier alpha value is -1.55. The van der Waals surface area contributed by atoms with Crippen LogP contribution in [-0.2, 0) is 4.79 Å². The fraction of sp³-hybridized carbons (Fsp3) is 0.588. The minimum absolute atomic E-state index is 0.0452. The molecule has 0 saturated carbocycles. The van der Waals surface area contributed by atoms with Crippen molar-refractivity contribution < 1.29 is 9.53 Å². The predicted molar refractivity (Wildman–Crippen MR) is 82.6 cm³/mol. The van der Waals surface area contributed by atoms with Crippen molar-refractivity contribution in [3.8, 4) is 5.75 Å². The van der Waals surface area contributed by atoms with E-state index in [1.54, 1.807) is 0 Å². The zero-order valence-electron chi connectivity index (χ0n) is 12.7. The number of para-hydroxylation sites is 1. The number of hydrogen-bond acceptors (Lipinski definition) is 3. The summed E-state index contributed by atoms with van der Waals surface area (Å²) in [6.07, 6.45) is 4.07. The van der Waals surface area contributed by atoms with Gasteiger partial charge >= 0.3 is 0 Å². The standard InChI is InChI=1S/C17H24N2O2/c1-19(13-5-4-10-18-11-8-13)17(20)15-9-12-21-16-7-3-2-6-14(15)16/h2-3,6-7,13,15,18H,4-5,8-12H2,1H3. The van der Waals surface area contributed by atoms with Crippen molar-refractivity contribution in [1.29, 1.82) is 0 Å². The second kappa shape index (κ2) is 6.48. The number of rotatable bonds is 2. The van der Waals surface area contributed by atoms with Crippen LogP contribution in [0.1, 0.15) is 37.2 Å². The van der Waals surface area contributed by atoms with Crippen LogP contribution in [0.25, 0.3) is 0 Å². The molecule has 1 amide bonds. The molecular weight excluding hydrogens is 264 g/mol. The lowest BCUT2D eigenvalue weighted by molar-refractivity contribution is -0.134. The Bertz CT molecular complexity index is 495. The third-order valence-corrected chi connectivity index (χ3v) is 4.70. The van der Waals surface area contributed by atoms with Crippen molar-refractivity contribution in [2.24, 2.45) is 0 Å². The minimum atomic E-state index is -0.0452. The van der Waals surface area contributed by atoms with E-state index in [9.17, 15) is 4.79 Å². The molecule has 0 radical (unpaired) electrons. The first-order valence-corrected chi connectivity index (χ1v) is 7.96. The van der Waals surface area contributed by atoms with Crippen molar-refractivity contribution in [2.75, 3.05) is 26.7 Å². The van der Waals surface area contributed by atoms with Gasteiger partial charge in [-0.25, -0.2) is 0 Å². The summed E-state index contributed by atoms with van der Waals surface area (Å²) in [5.74, 6) is 1.08. The summed E-state index contributed by atoms with van der Waals surface area (Å²) in [6.45, 7) is 2.71. The summed E-state index contributed by atoms with van der Waals surface area (Å²) < 4.78 is 5.67. The lowest BCUT2D eigenvalue weighted by atomic mass is 9.91. The summed E-state index contributed by atoms with van der Waals surface area (Å²) in [6, 6.07) is 8.31. The fourth-order valence-electron chi connectivity index (χ4n) is 3.41. The highest BCUT2D eigenvalue weighted by molar-refractivity contribution is 5.85. The van der Waals surface area contributed by atoms with E-state index >= 15 is 0 Å². The first kappa shape index (κ1) is 14.4. The van der Waals surface area contributed by atoms with Crippen LogP contribution in [0.2, 0.25) is 0 Å². The Morgan fingerprint density at radius 2 is 2.10 bits per heavy atom. The van der Waals surface area contributed by atoms with Crippen molar-refractivity contribution in [3.05, 3.63) is 29.8 Å². The van der Waals surface area contributed by atoms with Crippen LogP contribution in [-0.4, -0.2) is 43.6 Å². The van der Waals surface area contributed by atoms with E-state index in [1.807, 2.05) is 36.2 Å². The third kappa shape index (κ3) is 3.05. The second-order valence-electron chi connectivity index (χ2n) is 6.01. The zero-order valence-corrected chi connectivity index (χ0v) is 12.7. The van der Waals surface area contributed by atoms with E-state index in [0.717, 1.165) is 50.1 Å². The predicted octanol–water partition coefficient (Wildman–Crippen LogP) is 2.15. The van der Waals surface area contributed by atoms with Gasteiger partial charge in [-0.2, -0.15) is 0 Å². The Labute approximate surface area is 126 Å². The Kier molecular flexibility index (Phi) is 4.44. The number of carbonyl (C=O) groups excluding carboxylic acids is 1. The lowest BCUT2D eigenvalue weighted by Gasteiger charge is -2.33. The van der Waals surface area contributed by atoms with Crippen LogP contribution in [0.4, 0.5) is 0 Å². The summed E-state index contributed by atoms with van der Waals surface area (Å²) in [7, 11) is 1.97. The molecule has 1 aromatic rings. The minimum Gasteiger partial charge on any atom is -0.493 e. The van der Waals surface area contributed by atoms with Crippen LogP contribution in [0.15, 0.2) is 24.3 Å². The number of ether oxygens (including phenoxy) is 1. The van der Waals surface area contributed by atoms with Gasteiger partial charge in [-0.15, -0.1) is 0 Å². The summed E-state index contributed by atoms with van der Waals surface area (Å²) in [5.41, 5.74) is 1.05. The number of nitrogens with zero attached hydrogens (tertiary/aromatic N) is 1. The van der Waals surface area contributed by atoms with Gasteiger partial charge in [0.05, 0.1) is 12.5 Å². The molecule has 21 heavy (non-hydrogen) atoms. The van der Waals surface area contributed by atoms with Crippen molar-refractivity contribution >= 4 is 5.91 Å². The zero-order chi connectivity index (χ0) is 14.7. The summed E-state index contributed by atoms with van der Waals surface area (Å²) in [5, 5.41) is 3.41. The second-order valence-corrected chi connectivity index (χ2v) is 6.01. The van der Waals surface area contributed by atoms with Crippen molar-refractivity contribution in [1.82, 2.24) is 10.2 Å². The van der Waals surface area contributed by atoms with Crippen LogP contribution in [0.3, 0.4) is 0 Å². The number of likely N-dealkylation sites (N-methyl/N-ethyl adjacent to an activating group) is 1. The molecule has 0 spiro atoms. The first-order valence-electron chi connectivity index (χ1n) is 7.96. The normalized spacial score (nSPS) is 25.4. The lowest BCUT2D eigenvalue weighted by Crippen LogP contribution is -2.41. The van der Waals surface area contributed by atoms with Gasteiger partial charge in [-0.05, 0) is 44.8 Å². The van der Waals surface area contributed by atoms with E-state index in [2.05, 4.69) is 5.32 Å². The molecule has 0 aromatic heterocycles. The van der Waals surface area contributed by atoms with Gasteiger partial charge in [0.25, 0.3) is 0 Å². The SMILES string of the molecule is CN(C(=O)C1CCOc2ccccc21)C1CCCNCC1. The van der Waals surface area contributed by atoms with Crippen LogP contribution in [0.5, 0.6) is 5.75 Å². The number of benzene rings is 1. The van der Waals surface area contributed by atoms with E-state index in [-0.39, 0.29) is 11.8 Å². The monoisotopic (exact) mass is 288 g/mol. The molecule has 4 nitrogen and oxygen atoms in total. The number of carbonyl (C=O) groups is 1. The van der Waals surface area contributed by atoms with Crippen molar-refractivity contribution in [3.63, 3.8) is 0 Å². The molecule has 0 aliphatic carbocycles. The highest BCUT2D eigenvalue weighted by Gasteiger charge is 2.32. The average molecular weight is 288 g/mol. The summed E-state index contributed by atoms with van der Waals surface area (Å²) in [4.78, 5) is 14.9. The summed E-state index contributed by atoms with van der Waals surface area (Å²) >= 11 is 0. The van der Waals surface area contributed by atoms with E-state index < -0.39 is 0 Å². The number of fused-ring (bicyclic) bond motifs is 1. The maximum absolute atomic E-state index is 12.9. The van der Waals surface area contributed by atoms with Gasteiger partial charge in [-0.3, -0.25) is 4.79 Å². The molecule has 2 aliphatic rings. The molecule has 114 valence electrons. The molecule has 1 saturated heterocycles. The average Bonchev–Trinajstić information content (AvgIpc) is 2.82. The number of amides is 1. The molecule has 1 aromatic carbocycles. The van der Waals surface area contributed by atoms with Gasteiger partial charge in [0.15, 0.2) is 0 Å². The molecule has 1 N–H and O–H groups in total. The maximum atomic E-state index is 12.9. The van der Waals surface area contributed by atoms with E-state index in [0.29, 0.717) is 12.6 Å². The number of hydrogen-bond donors (Lipinski definition) is 1. The molecule has 4 heteroatoms. The van der Waals surface area contributed by atoms with Crippen LogP contribution >= 0.6 is 0 Å². The fourth-order valence-corrected chi connectivity index (χ4v) is 3.41. The molecule has 1 fully saturated rings. The third-order valence-electron chi connectivity index (χ3n) is 4.70. The molecular formula is C17H24N2O2. The molecule has 0 bridgehead atoms. The maximum Gasteiger partial charge on any atom is 0.230 e. The Balaban J connectivity index is 1.76. The topological polar surface area (TPSA) is 41.6 Å². The van der Waals surface area contributed by atoms with Crippen LogP contribution in [0, 0.1) is 0 Å². The first-order chi connectivity index (χ1) is 10.3. The largest absolute Gasteiger partial charge is 0.493 e. The number of nitrogens with one attached hydrogen (secondary N) is 1. The Morgan fingerprint density at radius 1 is 1.24 bits per heavy atom. The van der Waals surface area contributed by atoms with Gasteiger partial charge < -0.3 is 15.0 Å². The molecule has 2 heterocycles. The van der Waals surface area contributed by atoms with Gasteiger partial charge in [0.2, 0.25) is 5.91 Å². The van der Waals surface area contributed by atoms with Gasteiger partial charge in [0.1, 0.15) is 5.75 Å². The van der Waals surface area contributed by atoms with Crippen LogP contribution < -0.4 is 10.1 Å². The highest BCUT2D eigenvalue weighted by Crippen LogP contribution is 2.35. The smallest absolute Gasteiger partial charge is 0.230 e. The molecule has 2 aliphatic heterocycles. The quantitative estimate of drug-likeness (QED) is 0.906. The van der Waals surface area contributed by atoms with Crippen molar-refractivity contribution in [2.45, 2.75) is 37.6 Å².